The van der Waals surface area contributed by atoms with Gasteiger partial charge in [0.2, 0.25) is 11.8 Å². The summed E-state index contributed by atoms with van der Waals surface area (Å²) < 4.78 is 1.86. The number of nitrogens with zero attached hydrogens (tertiary/aromatic N) is 4. The Bertz CT molecular complexity index is 688. The van der Waals surface area contributed by atoms with Crippen molar-refractivity contribution >= 4 is 17.5 Å². The lowest BCUT2D eigenvalue weighted by Crippen LogP contribution is -2.42. The first-order chi connectivity index (χ1) is 10.6. The molecule has 3 rings (SSSR count). The van der Waals surface area contributed by atoms with Gasteiger partial charge in [0.1, 0.15) is 0 Å². The molecule has 7 nitrogen and oxygen atoms in total. The second-order valence-electron chi connectivity index (χ2n) is 5.54. The summed E-state index contributed by atoms with van der Waals surface area (Å²) in [5.74, 6) is 0.782. The Balaban J connectivity index is 1.56. The number of carbonyl (C=O) groups excluding carboxylic acids is 2. The average Bonchev–Trinajstić information content (AvgIpc) is 2.96. The van der Waals surface area contributed by atoms with E-state index in [9.17, 15) is 9.59 Å². The molecule has 2 aromatic rings. The number of likely N-dealkylation sites (tertiary alicyclic amines) is 1. The number of fused-ring (bicyclic) bond motifs is 1. The summed E-state index contributed by atoms with van der Waals surface area (Å²) in [7, 11) is 0. The molecule has 2 amide bonds. The molecule has 2 aromatic heterocycles. The molecule has 1 fully saturated rings. The maximum absolute atomic E-state index is 12.2. The summed E-state index contributed by atoms with van der Waals surface area (Å²) in [5, 5.41) is 11.1. The molecule has 0 unspecified atom stereocenters. The van der Waals surface area contributed by atoms with Crippen molar-refractivity contribution in [3.05, 3.63) is 30.2 Å². The Morgan fingerprint density at radius 1 is 1.27 bits per heavy atom. The highest BCUT2D eigenvalue weighted by Gasteiger charge is 2.25. The summed E-state index contributed by atoms with van der Waals surface area (Å²) >= 11 is 0. The molecule has 0 aliphatic carbocycles. The maximum atomic E-state index is 12.2. The Hall–Kier alpha value is -2.44. The Labute approximate surface area is 128 Å². The van der Waals surface area contributed by atoms with E-state index >= 15 is 0 Å². The van der Waals surface area contributed by atoms with Crippen LogP contribution in [0, 0.1) is 5.92 Å². The van der Waals surface area contributed by atoms with Gasteiger partial charge in [-0.3, -0.25) is 14.0 Å². The minimum Gasteiger partial charge on any atom is -0.349 e. The standard InChI is InChI=1S/C15H19N5O2/c1-11(21)19-8-5-12(6-9-19)15(22)16-10-14-18-17-13-4-2-3-7-20(13)14/h2-4,7,12H,5-6,8-10H2,1H3,(H,16,22). The van der Waals surface area contributed by atoms with Crippen LogP contribution < -0.4 is 5.32 Å². The first kappa shape index (κ1) is 14.5. The first-order valence-electron chi connectivity index (χ1n) is 7.47. The Morgan fingerprint density at radius 2 is 2.05 bits per heavy atom. The zero-order valence-corrected chi connectivity index (χ0v) is 12.5. The first-order valence-corrected chi connectivity index (χ1v) is 7.47. The van der Waals surface area contributed by atoms with Gasteiger partial charge in [0.05, 0.1) is 6.54 Å². The molecule has 1 N–H and O–H groups in total. The molecular formula is C15H19N5O2. The Kier molecular flexibility index (Phi) is 4.04. The number of hydrogen-bond acceptors (Lipinski definition) is 4. The van der Waals surface area contributed by atoms with Gasteiger partial charge in [-0.1, -0.05) is 6.07 Å². The molecule has 1 saturated heterocycles. The number of carbonyl (C=O) groups is 2. The fraction of sp³-hybridized carbons (Fsp3) is 0.467. The smallest absolute Gasteiger partial charge is 0.223 e. The molecule has 3 heterocycles. The van der Waals surface area contributed by atoms with Crippen LogP contribution in [0.25, 0.3) is 5.65 Å². The van der Waals surface area contributed by atoms with E-state index in [1.807, 2.05) is 28.8 Å². The average molecular weight is 301 g/mol. The van der Waals surface area contributed by atoms with E-state index in [1.165, 1.54) is 0 Å². The lowest BCUT2D eigenvalue weighted by Gasteiger charge is -2.30. The molecule has 0 atom stereocenters. The summed E-state index contributed by atoms with van der Waals surface area (Å²) in [5.41, 5.74) is 0.765. The zero-order chi connectivity index (χ0) is 15.5. The molecule has 116 valence electrons. The lowest BCUT2D eigenvalue weighted by molar-refractivity contribution is -0.134. The highest BCUT2D eigenvalue weighted by Crippen LogP contribution is 2.17. The number of rotatable bonds is 3. The van der Waals surface area contributed by atoms with Crippen molar-refractivity contribution in [1.82, 2.24) is 24.8 Å². The van der Waals surface area contributed by atoms with Gasteiger partial charge in [0.15, 0.2) is 11.5 Å². The van der Waals surface area contributed by atoms with E-state index in [-0.39, 0.29) is 17.7 Å². The molecule has 1 aliphatic rings. The van der Waals surface area contributed by atoms with Crippen molar-refractivity contribution < 1.29 is 9.59 Å². The number of nitrogens with one attached hydrogen (secondary N) is 1. The van der Waals surface area contributed by atoms with E-state index in [4.69, 9.17) is 0 Å². The van der Waals surface area contributed by atoms with Gasteiger partial charge in [-0.05, 0) is 25.0 Å². The largest absolute Gasteiger partial charge is 0.349 e. The van der Waals surface area contributed by atoms with Crippen LogP contribution in [-0.4, -0.2) is 44.4 Å². The summed E-state index contributed by atoms with van der Waals surface area (Å²) in [6, 6.07) is 5.67. The highest BCUT2D eigenvalue weighted by molar-refractivity contribution is 5.79. The van der Waals surface area contributed by atoms with Crippen molar-refractivity contribution in [2.75, 3.05) is 13.1 Å². The van der Waals surface area contributed by atoms with Crippen molar-refractivity contribution in [3.8, 4) is 0 Å². The van der Waals surface area contributed by atoms with Gasteiger partial charge in [-0.15, -0.1) is 10.2 Å². The van der Waals surface area contributed by atoms with Gasteiger partial charge in [0, 0.05) is 32.1 Å². The van der Waals surface area contributed by atoms with Crippen LogP contribution in [0.2, 0.25) is 0 Å². The molecule has 0 spiro atoms. The summed E-state index contributed by atoms with van der Waals surface area (Å²) in [4.78, 5) is 25.3. The third-order valence-electron chi connectivity index (χ3n) is 4.12. The van der Waals surface area contributed by atoms with Gasteiger partial charge < -0.3 is 10.2 Å². The predicted molar refractivity (Wildman–Crippen MR) is 79.8 cm³/mol. The van der Waals surface area contributed by atoms with Crippen molar-refractivity contribution in [2.45, 2.75) is 26.3 Å². The monoisotopic (exact) mass is 301 g/mol. The van der Waals surface area contributed by atoms with Crippen LogP contribution in [0.3, 0.4) is 0 Å². The number of hydrogen-bond donors (Lipinski definition) is 1. The maximum Gasteiger partial charge on any atom is 0.223 e. The molecule has 0 bridgehead atoms. The molecule has 22 heavy (non-hydrogen) atoms. The fourth-order valence-electron chi connectivity index (χ4n) is 2.78. The van der Waals surface area contributed by atoms with E-state index in [1.54, 1.807) is 11.8 Å². The summed E-state index contributed by atoms with van der Waals surface area (Å²) in [6.45, 7) is 3.23. The molecule has 0 radical (unpaired) electrons. The number of amides is 2. The molecule has 1 aliphatic heterocycles. The molecule has 7 heteroatoms. The Morgan fingerprint density at radius 3 is 2.77 bits per heavy atom. The van der Waals surface area contributed by atoms with Crippen LogP contribution in [0.4, 0.5) is 0 Å². The highest BCUT2D eigenvalue weighted by atomic mass is 16.2. The van der Waals surface area contributed by atoms with Crippen LogP contribution >= 0.6 is 0 Å². The van der Waals surface area contributed by atoms with Crippen LogP contribution in [-0.2, 0) is 16.1 Å². The van der Waals surface area contributed by atoms with Crippen molar-refractivity contribution in [1.29, 1.82) is 0 Å². The second kappa shape index (κ2) is 6.13. The quantitative estimate of drug-likeness (QED) is 0.900. The lowest BCUT2D eigenvalue weighted by atomic mass is 9.96. The topological polar surface area (TPSA) is 79.6 Å². The summed E-state index contributed by atoms with van der Waals surface area (Å²) in [6.07, 6.45) is 3.31. The third-order valence-corrected chi connectivity index (χ3v) is 4.12. The number of aromatic nitrogens is 3. The van der Waals surface area contributed by atoms with E-state index in [2.05, 4.69) is 15.5 Å². The minimum atomic E-state index is -0.0326. The third kappa shape index (κ3) is 2.93. The molecular weight excluding hydrogens is 282 g/mol. The SMILES string of the molecule is CC(=O)N1CCC(C(=O)NCc2nnc3ccccn23)CC1. The van der Waals surface area contributed by atoms with Gasteiger partial charge >= 0.3 is 0 Å². The van der Waals surface area contributed by atoms with E-state index < -0.39 is 0 Å². The molecule has 0 aromatic carbocycles. The predicted octanol–water partition coefficient (Wildman–Crippen LogP) is 0.604. The minimum absolute atomic E-state index is 0.0240. The van der Waals surface area contributed by atoms with Crippen molar-refractivity contribution in [3.63, 3.8) is 0 Å². The van der Waals surface area contributed by atoms with Crippen molar-refractivity contribution in [2.24, 2.45) is 5.92 Å². The normalized spacial score (nSPS) is 16.0. The number of piperidine rings is 1. The second-order valence-corrected chi connectivity index (χ2v) is 5.54. The van der Waals surface area contributed by atoms with Gasteiger partial charge in [0.25, 0.3) is 0 Å². The number of pyridine rings is 1. The van der Waals surface area contributed by atoms with Crippen LogP contribution in [0.15, 0.2) is 24.4 Å². The fourth-order valence-corrected chi connectivity index (χ4v) is 2.78. The van der Waals surface area contributed by atoms with Crippen LogP contribution in [0.1, 0.15) is 25.6 Å². The van der Waals surface area contributed by atoms with E-state index in [0.29, 0.717) is 38.3 Å². The van der Waals surface area contributed by atoms with E-state index in [0.717, 1.165) is 5.65 Å². The van der Waals surface area contributed by atoms with Gasteiger partial charge in [-0.2, -0.15) is 0 Å². The van der Waals surface area contributed by atoms with Crippen LogP contribution in [0.5, 0.6) is 0 Å². The molecule has 0 saturated carbocycles. The van der Waals surface area contributed by atoms with Gasteiger partial charge in [-0.25, -0.2) is 0 Å². The zero-order valence-electron chi connectivity index (χ0n) is 12.5.